The Labute approximate surface area is 118 Å². The van der Waals surface area contributed by atoms with Crippen molar-refractivity contribution in [1.29, 1.82) is 0 Å². The molecule has 0 radical (unpaired) electrons. The Hall–Kier alpha value is -2.62. The molecule has 2 aromatic rings. The molecule has 0 aromatic carbocycles. The molecule has 3 heterocycles. The monoisotopic (exact) mass is 291 g/mol. The molecule has 0 spiro atoms. The average molecular weight is 291 g/mol. The Bertz CT molecular complexity index is 737. The first-order valence-electron chi connectivity index (χ1n) is 6.19. The SMILES string of the molecule is [N-]=[N+]=N[C@@]1(CO)CC[C@H](n2cnc3c(N)nc(N)nc32)O1. The van der Waals surface area contributed by atoms with E-state index in [-0.39, 0.29) is 11.8 Å². The molecule has 5 N–H and O–H groups in total. The maximum absolute atomic E-state index is 9.38. The first kappa shape index (κ1) is 13.4. The van der Waals surface area contributed by atoms with Crippen LogP contribution in [0.25, 0.3) is 21.6 Å². The van der Waals surface area contributed by atoms with Gasteiger partial charge < -0.3 is 21.3 Å². The maximum Gasteiger partial charge on any atom is 0.224 e. The highest BCUT2D eigenvalue weighted by atomic mass is 16.6. The second-order valence-electron chi connectivity index (χ2n) is 4.70. The lowest BCUT2D eigenvalue weighted by Gasteiger charge is -2.21. The Morgan fingerprint density at radius 3 is 3.10 bits per heavy atom. The van der Waals surface area contributed by atoms with Crippen LogP contribution in [0.15, 0.2) is 11.4 Å². The zero-order chi connectivity index (χ0) is 15.0. The van der Waals surface area contributed by atoms with Gasteiger partial charge >= 0.3 is 0 Å². The van der Waals surface area contributed by atoms with E-state index >= 15 is 0 Å². The summed E-state index contributed by atoms with van der Waals surface area (Å²) in [5.74, 6) is 0.209. The van der Waals surface area contributed by atoms with Gasteiger partial charge in [0.05, 0.1) is 12.9 Å². The van der Waals surface area contributed by atoms with Gasteiger partial charge in [-0.15, -0.1) is 0 Å². The molecule has 21 heavy (non-hydrogen) atoms. The Kier molecular flexibility index (Phi) is 3.01. The molecule has 110 valence electrons. The Balaban J connectivity index is 2.01. The van der Waals surface area contributed by atoms with E-state index in [1.54, 1.807) is 4.57 Å². The molecule has 1 saturated heterocycles. The molecule has 2 aromatic heterocycles. The molecule has 3 rings (SSSR count). The molecule has 0 aliphatic carbocycles. The number of hydrogen-bond acceptors (Lipinski definition) is 8. The summed E-state index contributed by atoms with van der Waals surface area (Å²) in [6.07, 6.45) is 1.92. The second kappa shape index (κ2) is 4.74. The smallest absolute Gasteiger partial charge is 0.224 e. The molecule has 11 nitrogen and oxygen atoms in total. The van der Waals surface area contributed by atoms with E-state index in [9.17, 15) is 5.11 Å². The fourth-order valence-corrected chi connectivity index (χ4v) is 2.39. The number of imidazole rings is 1. The first-order valence-corrected chi connectivity index (χ1v) is 6.19. The van der Waals surface area contributed by atoms with Gasteiger partial charge in [0.25, 0.3) is 0 Å². The second-order valence-corrected chi connectivity index (χ2v) is 4.70. The van der Waals surface area contributed by atoms with E-state index in [2.05, 4.69) is 25.0 Å². The van der Waals surface area contributed by atoms with Crippen molar-refractivity contribution >= 4 is 22.9 Å². The third kappa shape index (κ3) is 2.09. The number of fused-ring (bicyclic) bond motifs is 1. The van der Waals surface area contributed by atoms with Crippen molar-refractivity contribution in [2.75, 3.05) is 18.1 Å². The number of anilines is 2. The number of aromatic nitrogens is 4. The lowest BCUT2D eigenvalue weighted by atomic mass is 10.1. The van der Waals surface area contributed by atoms with Gasteiger partial charge in [-0.05, 0) is 18.4 Å². The van der Waals surface area contributed by atoms with Crippen LogP contribution in [0.2, 0.25) is 0 Å². The molecule has 2 atom stereocenters. The molecule has 1 aliphatic rings. The lowest BCUT2D eigenvalue weighted by molar-refractivity contribution is -0.0925. The van der Waals surface area contributed by atoms with Gasteiger partial charge in [-0.2, -0.15) is 9.97 Å². The van der Waals surface area contributed by atoms with Crippen molar-refractivity contribution in [2.45, 2.75) is 24.8 Å². The van der Waals surface area contributed by atoms with Gasteiger partial charge in [-0.25, -0.2) is 4.98 Å². The Morgan fingerprint density at radius 2 is 2.38 bits per heavy atom. The summed E-state index contributed by atoms with van der Waals surface area (Å²) in [4.78, 5) is 14.8. The highest BCUT2D eigenvalue weighted by Crippen LogP contribution is 2.38. The van der Waals surface area contributed by atoms with E-state index in [0.717, 1.165) is 0 Å². The topological polar surface area (TPSA) is 174 Å². The van der Waals surface area contributed by atoms with Crippen LogP contribution in [-0.4, -0.2) is 37.0 Å². The van der Waals surface area contributed by atoms with E-state index in [1.807, 2.05) is 0 Å². The molecule has 0 amide bonds. The normalized spacial score (nSPS) is 25.1. The molecule has 11 heteroatoms. The largest absolute Gasteiger partial charge is 0.393 e. The Morgan fingerprint density at radius 1 is 1.57 bits per heavy atom. The minimum absolute atomic E-state index is 0.0308. The van der Waals surface area contributed by atoms with Crippen molar-refractivity contribution in [3.63, 3.8) is 0 Å². The van der Waals surface area contributed by atoms with Crippen LogP contribution in [-0.2, 0) is 4.74 Å². The third-order valence-electron chi connectivity index (χ3n) is 3.39. The molecule has 0 bridgehead atoms. The predicted octanol–water partition coefficient (Wildman–Crippen LogP) is 0.299. The molecular weight excluding hydrogens is 278 g/mol. The number of nitrogen functional groups attached to an aromatic ring is 2. The van der Waals surface area contributed by atoms with Crippen molar-refractivity contribution in [1.82, 2.24) is 19.5 Å². The lowest BCUT2D eigenvalue weighted by Crippen LogP contribution is -2.30. The summed E-state index contributed by atoms with van der Waals surface area (Å²) in [5.41, 5.74) is 19.5. The predicted molar refractivity (Wildman–Crippen MR) is 72.5 cm³/mol. The standard InChI is InChI=1S/C10H13N9O2/c11-7-6-8(16-9(12)15-7)19(4-14-6)5-1-2-10(3-20,21-5)17-18-13/h4-5,20H,1-3H2,(H4,11,12,15,16)/t5-,10+/m1/s1. The van der Waals surface area contributed by atoms with Gasteiger partial charge in [0, 0.05) is 4.91 Å². The van der Waals surface area contributed by atoms with Gasteiger partial charge in [0.1, 0.15) is 11.7 Å². The van der Waals surface area contributed by atoms with Crippen molar-refractivity contribution in [2.24, 2.45) is 5.11 Å². The first-order chi connectivity index (χ1) is 10.1. The number of hydrogen-bond donors (Lipinski definition) is 3. The summed E-state index contributed by atoms with van der Waals surface area (Å²) in [6.45, 7) is -0.403. The maximum atomic E-state index is 9.38. The fraction of sp³-hybridized carbons (Fsp3) is 0.500. The summed E-state index contributed by atoms with van der Waals surface area (Å²) < 4.78 is 7.31. The molecule has 1 fully saturated rings. The van der Waals surface area contributed by atoms with E-state index in [0.29, 0.717) is 24.0 Å². The van der Waals surface area contributed by atoms with Crippen molar-refractivity contribution in [3.8, 4) is 0 Å². The van der Waals surface area contributed by atoms with Crippen LogP contribution in [0, 0.1) is 0 Å². The zero-order valence-electron chi connectivity index (χ0n) is 10.9. The van der Waals surface area contributed by atoms with Crippen molar-refractivity contribution < 1.29 is 9.84 Å². The average Bonchev–Trinajstić information content (AvgIpc) is 3.04. The number of ether oxygens (including phenoxy) is 1. The highest BCUT2D eigenvalue weighted by molar-refractivity contribution is 5.82. The van der Waals surface area contributed by atoms with Gasteiger partial charge in [0.15, 0.2) is 17.2 Å². The van der Waals surface area contributed by atoms with E-state index < -0.39 is 18.6 Å². The summed E-state index contributed by atoms with van der Waals surface area (Å²) in [5, 5.41) is 12.9. The number of azide groups is 1. The number of rotatable bonds is 3. The summed E-state index contributed by atoms with van der Waals surface area (Å²) in [7, 11) is 0. The zero-order valence-corrected chi connectivity index (χ0v) is 10.9. The summed E-state index contributed by atoms with van der Waals surface area (Å²) in [6, 6.07) is 0. The van der Waals surface area contributed by atoms with Crippen LogP contribution in [0.5, 0.6) is 0 Å². The molecular formula is C10H13N9O2. The number of nitrogens with zero attached hydrogens (tertiary/aromatic N) is 7. The summed E-state index contributed by atoms with van der Waals surface area (Å²) >= 11 is 0. The molecule has 1 aliphatic heterocycles. The van der Waals surface area contributed by atoms with Gasteiger partial charge in [-0.3, -0.25) is 4.57 Å². The number of aliphatic hydroxyl groups excluding tert-OH is 1. The van der Waals surface area contributed by atoms with Crippen LogP contribution < -0.4 is 11.5 Å². The quantitative estimate of drug-likeness (QED) is 0.414. The minimum atomic E-state index is -1.26. The third-order valence-corrected chi connectivity index (χ3v) is 3.39. The van der Waals surface area contributed by atoms with Crippen molar-refractivity contribution in [3.05, 3.63) is 16.8 Å². The molecule has 0 unspecified atom stereocenters. The van der Waals surface area contributed by atoms with Crippen LogP contribution in [0.1, 0.15) is 19.1 Å². The molecule has 0 saturated carbocycles. The van der Waals surface area contributed by atoms with Gasteiger partial charge in [0.2, 0.25) is 5.95 Å². The van der Waals surface area contributed by atoms with Gasteiger partial charge in [-0.1, -0.05) is 5.11 Å². The van der Waals surface area contributed by atoms with Crippen LogP contribution in [0.4, 0.5) is 11.8 Å². The van der Waals surface area contributed by atoms with E-state index in [1.165, 1.54) is 6.33 Å². The van der Waals surface area contributed by atoms with E-state index in [4.69, 9.17) is 21.7 Å². The number of nitrogens with two attached hydrogens (primary N) is 2. The fourth-order valence-electron chi connectivity index (χ4n) is 2.39. The van der Waals surface area contributed by atoms with Crippen LogP contribution in [0.3, 0.4) is 0 Å². The minimum Gasteiger partial charge on any atom is -0.393 e. The van der Waals surface area contributed by atoms with Crippen LogP contribution >= 0.6 is 0 Å². The highest BCUT2D eigenvalue weighted by Gasteiger charge is 2.40. The number of aliphatic hydroxyl groups is 1.